The van der Waals surface area contributed by atoms with Gasteiger partial charge in [-0.25, -0.2) is 9.18 Å². The summed E-state index contributed by atoms with van der Waals surface area (Å²) in [4.78, 5) is 34.7. The highest BCUT2D eigenvalue weighted by Crippen LogP contribution is 2.07. The van der Waals surface area contributed by atoms with E-state index in [-0.39, 0.29) is 6.42 Å². The van der Waals surface area contributed by atoms with E-state index in [0.717, 1.165) is 0 Å². The number of carbonyl (C=O) groups excluding carboxylic acids is 3. The number of methoxy groups -OCH3 is 1. The van der Waals surface area contributed by atoms with Crippen LogP contribution in [0.3, 0.4) is 0 Å². The van der Waals surface area contributed by atoms with Gasteiger partial charge in [-0.05, 0) is 24.6 Å². The molecule has 0 aliphatic heterocycles. The van der Waals surface area contributed by atoms with Crippen LogP contribution in [0.25, 0.3) is 0 Å². The molecular weight excluding hydrogens is 291 g/mol. The number of halogens is 1. The van der Waals surface area contributed by atoms with E-state index in [4.69, 9.17) is 0 Å². The van der Waals surface area contributed by atoms with Gasteiger partial charge in [0.1, 0.15) is 17.9 Å². The summed E-state index contributed by atoms with van der Waals surface area (Å²) in [6.07, 6.45) is 0.108. The number of rotatable bonds is 6. The Morgan fingerprint density at radius 3 is 2.50 bits per heavy atom. The van der Waals surface area contributed by atoms with Gasteiger partial charge in [-0.2, -0.15) is 0 Å². The maximum Gasteiger partial charge on any atom is 0.328 e. The van der Waals surface area contributed by atoms with Crippen LogP contribution in [0, 0.1) is 5.82 Å². The second-order valence-corrected chi connectivity index (χ2v) is 4.84. The topological polar surface area (TPSA) is 84.5 Å². The Morgan fingerprint density at radius 1 is 1.27 bits per heavy atom. The van der Waals surface area contributed by atoms with E-state index >= 15 is 0 Å². The molecule has 2 amide bonds. The van der Waals surface area contributed by atoms with Crippen molar-refractivity contribution in [3.05, 3.63) is 35.6 Å². The Hall–Kier alpha value is -2.44. The van der Waals surface area contributed by atoms with E-state index < -0.39 is 35.7 Å². The van der Waals surface area contributed by atoms with E-state index in [9.17, 15) is 18.8 Å². The van der Waals surface area contributed by atoms with Crippen molar-refractivity contribution in [1.82, 2.24) is 10.6 Å². The van der Waals surface area contributed by atoms with Crippen LogP contribution in [-0.2, 0) is 25.5 Å². The van der Waals surface area contributed by atoms with E-state index in [1.165, 1.54) is 39.2 Å². The number of hydrogen-bond acceptors (Lipinski definition) is 4. The highest BCUT2D eigenvalue weighted by atomic mass is 19.1. The van der Waals surface area contributed by atoms with Gasteiger partial charge < -0.3 is 15.4 Å². The predicted octanol–water partition coefficient (Wildman–Crippen LogP) is 0.551. The number of amides is 2. The lowest BCUT2D eigenvalue weighted by Gasteiger charge is -2.20. The molecule has 0 fully saturated rings. The number of nitrogens with one attached hydrogen (secondary N) is 2. The number of ether oxygens (including phenoxy) is 1. The monoisotopic (exact) mass is 310 g/mol. The van der Waals surface area contributed by atoms with Gasteiger partial charge in [0.25, 0.3) is 0 Å². The summed E-state index contributed by atoms with van der Waals surface area (Å²) in [5.74, 6) is -1.97. The fraction of sp³-hybridized carbons (Fsp3) is 0.400. The molecule has 0 spiro atoms. The van der Waals surface area contributed by atoms with Crippen molar-refractivity contribution in [2.24, 2.45) is 0 Å². The van der Waals surface area contributed by atoms with Crippen LogP contribution in [0.2, 0.25) is 0 Å². The zero-order valence-corrected chi connectivity index (χ0v) is 12.7. The first-order valence-corrected chi connectivity index (χ1v) is 6.73. The third-order valence-corrected chi connectivity index (χ3v) is 2.94. The molecule has 0 bridgehead atoms. The minimum Gasteiger partial charge on any atom is -0.467 e. The van der Waals surface area contributed by atoms with Crippen LogP contribution < -0.4 is 10.6 Å². The fourth-order valence-electron chi connectivity index (χ4n) is 1.90. The molecule has 1 aromatic carbocycles. The van der Waals surface area contributed by atoms with Gasteiger partial charge in [0.15, 0.2) is 0 Å². The molecule has 0 radical (unpaired) electrons. The molecule has 22 heavy (non-hydrogen) atoms. The average Bonchev–Trinajstić information content (AvgIpc) is 2.45. The van der Waals surface area contributed by atoms with Gasteiger partial charge in [-0.3, -0.25) is 9.59 Å². The Balaban J connectivity index is 2.81. The van der Waals surface area contributed by atoms with Gasteiger partial charge in [0, 0.05) is 13.3 Å². The van der Waals surface area contributed by atoms with Crippen LogP contribution in [0.5, 0.6) is 0 Å². The zero-order chi connectivity index (χ0) is 16.7. The molecule has 1 aromatic rings. The summed E-state index contributed by atoms with van der Waals surface area (Å²) in [5.41, 5.74) is 0.555. The van der Waals surface area contributed by atoms with Crippen molar-refractivity contribution < 1.29 is 23.5 Å². The first-order valence-electron chi connectivity index (χ1n) is 6.73. The number of benzene rings is 1. The SMILES string of the molecule is COC(=O)[C@@H](C)NC(=O)[C@H](Cc1cccc(F)c1)NC(C)=O. The van der Waals surface area contributed by atoms with Crippen molar-refractivity contribution >= 4 is 17.8 Å². The second-order valence-electron chi connectivity index (χ2n) is 4.84. The van der Waals surface area contributed by atoms with Gasteiger partial charge in [-0.1, -0.05) is 12.1 Å². The molecule has 0 aromatic heterocycles. The highest BCUT2D eigenvalue weighted by molar-refractivity contribution is 5.90. The maximum absolute atomic E-state index is 13.2. The van der Waals surface area contributed by atoms with Crippen molar-refractivity contribution in [2.75, 3.05) is 7.11 Å². The molecular formula is C15H19FN2O4. The van der Waals surface area contributed by atoms with Gasteiger partial charge in [0.2, 0.25) is 11.8 Å². The summed E-state index contributed by atoms with van der Waals surface area (Å²) < 4.78 is 17.7. The highest BCUT2D eigenvalue weighted by Gasteiger charge is 2.24. The summed E-state index contributed by atoms with van der Waals surface area (Å²) in [6, 6.07) is 3.98. The molecule has 0 heterocycles. The molecule has 120 valence electrons. The zero-order valence-electron chi connectivity index (χ0n) is 12.7. The molecule has 0 aliphatic carbocycles. The van der Waals surface area contributed by atoms with Crippen molar-refractivity contribution in [3.63, 3.8) is 0 Å². The molecule has 2 N–H and O–H groups in total. The van der Waals surface area contributed by atoms with Crippen LogP contribution in [-0.4, -0.2) is 37.0 Å². The van der Waals surface area contributed by atoms with Crippen LogP contribution in [0.15, 0.2) is 24.3 Å². The van der Waals surface area contributed by atoms with E-state index in [1.807, 2.05) is 0 Å². The third-order valence-electron chi connectivity index (χ3n) is 2.94. The van der Waals surface area contributed by atoms with Crippen LogP contribution in [0.4, 0.5) is 4.39 Å². The molecule has 1 rings (SSSR count). The van der Waals surface area contributed by atoms with E-state index in [0.29, 0.717) is 5.56 Å². The minimum atomic E-state index is -0.911. The number of hydrogen-bond donors (Lipinski definition) is 2. The largest absolute Gasteiger partial charge is 0.467 e. The Morgan fingerprint density at radius 2 is 1.95 bits per heavy atom. The maximum atomic E-state index is 13.2. The fourth-order valence-corrected chi connectivity index (χ4v) is 1.90. The summed E-state index contributed by atoms with van der Waals surface area (Å²) >= 11 is 0. The lowest BCUT2D eigenvalue weighted by atomic mass is 10.0. The van der Waals surface area contributed by atoms with Crippen LogP contribution in [0.1, 0.15) is 19.4 Å². The Labute approximate surface area is 128 Å². The molecule has 6 nitrogen and oxygen atoms in total. The Bertz CT molecular complexity index is 562. The summed E-state index contributed by atoms with van der Waals surface area (Å²) in [5, 5.41) is 4.93. The van der Waals surface area contributed by atoms with E-state index in [1.54, 1.807) is 6.07 Å². The molecule has 0 saturated carbocycles. The van der Waals surface area contributed by atoms with Gasteiger partial charge in [0.05, 0.1) is 7.11 Å². The molecule has 2 atom stereocenters. The lowest BCUT2D eigenvalue weighted by Crippen LogP contribution is -2.51. The average molecular weight is 310 g/mol. The smallest absolute Gasteiger partial charge is 0.328 e. The first kappa shape index (κ1) is 17.6. The molecule has 0 saturated heterocycles. The summed E-state index contributed by atoms with van der Waals surface area (Å²) in [7, 11) is 1.21. The van der Waals surface area contributed by atoms with Gasteiger partial charge in [-0.15, -0.1) is 0 Å². The number of carbonyl (C=O) groups is 3. The first-order chi connectivity index (χ1) is 10.3. The molecule has 0 aliphatic rings. The van der Waals surface area contributed by atoms with Gasteiger partial charge >= 0.3 is 5.97 Å². The molecule has 0 unspecified atom stereocenters. The quantitative estimate of drug-likeness (QED) is 0.752. The normalized spacial score (nSPS) is 12.9. The van der Waals surface area contributed by atoms with Crippen molar-refractivity contribution in [3.8, 4) is 0 Å². The third kappa shape index (κ3) is 5.51. The number of esters is 1. The Kier molecular flexibility index (Phi) is 6.49. The van der Waals surface area contributed by atoms with Crippen molar-refractivity contribution in [1.29, 1.82) is 0 Å². The lowest BCUT2D eigenvalue weighted by molar-refractivity contribution is -0.144. The minimum absolute atomic E-state index is 0.108. The second kappa shape index (κ2) is 8.11. The molecule has 7 heteroatoms. The predicted molar refractivity (Wildman–Crippen MR) is 77.3 cm³/mol. The summed E-state index contributed by atoms with van der Waals surface area (Å²) in [6.45, 7) is 2.74. The van der Waals surface area contributed by atoms with E-state index in [2.05, 4.69) is 15.4 Å². The standard InChI is InChI=1S/C15H19FN2O4/c1-9(15(21)22-3)17-14(20)13(18-10(2)19)8-11-5-4-6-12(16)7-11/h4-7,9,13H,8H2,1-3H3,(H,17,20)(H,18,19)/t9-,13+/m1/s1. The van der Waals surface area contributed by atoms with Crippen LogP contribution >= 0.6 is 0 Å². The van der Waals surface area contributed by atoms with Crippen molar-refractivity contribution in [2.45, 2.75) is 32.4 Å².